The second-order valence-electron chi connectivity index (χ2n) is 5.92. The van der Waals surface area contributed by atoms with E-state index in [1.807, 2.05) is 4.90 Å². The standard InChI is InChI=1S/C16H22N2O3/c17-13(10-11-4-6-12(19)7-5-11)16(20)18-8-9-21-15-3-1-2-14(15)18/h4-7,13-15,19H,1-3,8-10,17H2/t13-,14?,15?/m0/s1. The van der Waals surface area contributed by atoms with Crippen LogP contribution >= 0.6 is 0 Å². The molecule has 1 amide bonds. The molecule has 2 aliphatic rings. The molecule has 3 atom stereocenters. The van der Waals surface area contributed by atoms with Crippen LogP contribution in [0, 0.1) is 0 Å². The lowest BCUT2D eigenvalue weighted by Crippen LogP contribution is -2.56. The molecule has 3 rings (SSSR count). The van der Waals surface area contributed by atoms with Crippen LogP contribution in [0.15, 0.2) is 24.3 Å². The van der Waals surface area contributed by atoms with Crippen LogP contribution in [0.1, 0.15) is 24.8 Å². The molecule has 5 heteroatoms. The second kappa shape index (κ2) is 6.03. The topological polar surface area (TPSA) is 75.8 Å². The van der Waals surface area contributed by atoms with E-state index in [4.69, 9.17) is 10.5 Å². The first-order chi connectivity index (χ1) is 10.1. The molecule has 2 fully saturated rings. The van der Waals surface area contributed by atoms with Crippen molar-refractivity contribution in [2.24, 2.45) is 5.73 Å². The number of carbonyl (C=O) groups is 1. The number of benzene rings is 1. The highest BCUT2D eigenvalue weighted by Crippen LogP contribution is 2.30. The van der Waals surface area contributed by atoms with Crippen LogP contribution < -0.4 is 5.73 Å². The molecule has 1 saturated carbocycles. The summed E-state index contributed by atoms with van der Waals surface area (Å²) >= 11 is 0. The van der Waals surface area contributed by atoms with Crippen LogP contribution in [-0.2, 0) is 16.0 Å². The van der Waals surface area contributed by atoms with Crippen LogP contribution in [0.2, 0.25) is 0 Å². The Labute approximate surface area is 124 Å². The predicted octanol–water partition coefficient (Wildman–Crippen LogP) is 1.04. The molecule has 5 nitrogen and oxygen atoms in total. The van der Waals surface area contributed by atoms with Crippen molar-refractivity contribution >= 4 is 5.91 Å². The number of ether oxygens (including phenoxy) is 1. The van der Waals surface area contributed by atoms with Gasteiger partial charge in [0.05, 0.1) is 24.8 Å². The summed E-state index contributed by atoms with van der Waals surface area (Å²) in [6, 6.07) is 6.52. The number of amides is 1. The molecule has 1 aromatic rings. The first-order valence-electron chi connectivity index (χ1n) is 7.61. The summed E-state index contributed by atoms with van der Waals surface area (Å²) in [7, 11) is 0. The van der Waals surface area contributed by atoms with Crippen molar-refractivity contribution in [1.29, 1.82) is 0 Å². The van der Waals surface area contributed by atoms with Gasteiger partial charge < -0.3 is 20.5 Å². The average Bonchev–Trinajstić information content (AvgIpc) is 2.97. The second-order valence-corrected chi connectivity index (χ2v) is 5.92. The van der Waals surface area contributed by atoms with Crippen molar-refractivity contribution in [2.45, 2.75) is 43.9 Å². The van der Waals surface area contributed by atoms with E-state index in [0.29, 0.717) is 19.6 Å². The van der Waals surface area contributed by atoms with Gasteiger partial charge in [-0.15, -0.1) is 0 Å². The van der Waals surface area contributed by atoms with Crippen LogP contribution in [0.4, 0.5) is 0 Å². The Hall–Kier alpha value is -1.59. The zero-order chi connectivity index (χ0) is 14.8. The molecule has 2 unspecified atom stereocenters. The van der Waals surface area contributed by atoms with E-state index >= 15 is 0 Å². The number of carbonyl (C=O) groups excluding carboxylic acids is 1. The van der Waals surface area contributed by atoms with Crippen LogP contribution in [-0.4, -0.2) is 47.3 Å². The number of hydrogen-bond acceptors (Lipinski definition) is 4. The first-order valence-corrected chi connectivity index (χ1v) is 7.61. The first kappa shape index (κ1) is 14.4. The maximum atomic E-state index is 12.6. The van der Waals surface area contributed by atoms with Gasteiger partial charge in [-0.05, 0) is 43.4 Å². The Bertz CT molecular complexity index is 503. The number of phenolic OH excluding ortho intramolecular Hbond substituents is 1. The maximum absolute atomic E-state index is 12.6. The molecule has 0 aromatic heterocycles. The minimum absolute atomic E-state index is 0.0169. The highest BCUT2D eigenvalue weighted by Gasteiger charge is 2.39. The third-order valence-corrected chi connectivity index (χ3v) is 4.47. The van der Waals surface area contributed by atoms with Gasteiger partial charge in [-0.1, -0.05) is 12.1 Å². The smallest absolute Gasteiger partial charge is 0.240 e. The van der Waals surface area contributed by atoms with Gasteiger partial charge in [0.25, 0.3) is 0 Å². The third kappa shape index (κ3) is 3.04. The Balaban J connectivity index is 1.65. The monoisotopic (exact) mass is 290 g/mol. The van der Waals surface area contributed by atoms with Gasteiger partial charge in [0.1, 0.15) is 5.75 Å². The molecule has 21 heavy (non-hydrogen) atoms. The molecule has 1 heterocycles. The number of nitrogens with two attached hydrogens (primary N) is 1. The molecular weight excluding hydrogens is 268 g/mol. The van der Waals surface area contributed by atoms with Gasteiger partial charge in [-0.2, -0.15) is 0 Å². The molecule has 0 spiro atoms. The summed E-state index contributed by atoms with van der Waals surface area (Å²) in [4.78, 5) is 14.5. The number of fused-ring (bicyclic) bond motifs is 1. The van der Waals surface area contributed by atoms with Crippen molar-refractivity contribution in [2.75, 3.05) is 13.2 Å². The molecule has 0 bridgehead atoms. The lowest BCUT2D eigenvalue weighted by Gasteiger charge is -2.39. The van der Waals surface area contributed by atoms with Crippen molar-refractivity contribution in [3.8, 4) is 5.75 Å². The van der Waals surface area contributed by atoms with Crippen molar-refractivity contribution in [3.63, 3.8) is 0 Å². The Morgan fingerprint density at radius 2 is 2.14 bits per heavy atom. The summed E-state index contributed by atoms with van der Waals surface area (Å²) in [5.74, 6) is 0.240. The number of aromatic hydroxyl groups is 1. The minimum Gasteiger partial charge on any atom is -0.508 e. The van der Waals surface area contributed by atoms with E-state index in [1.165, 1.54) is 0 Å². The van der Waals surface area contributed by atoms with E-state index in [-0.39, 0.29) is 23.8 Å². The van der Waals surface area contributed by atoms with Gasteiger partial charge in [-0.25, -0.2) is 0 Å². The molecule has 3 N–H and O–H groups in total. The Morgan fingerprint density at radius 3 is 2.90 bits per heavy atom. The molecule has 1 aromatic carbocycles. The van der Waals surface area contributed by atoms with E-state index in [9.17, 15) is 9.90 Å². The molecule has 1 aliphatic carbocycles. The number of nitrogens with zero attached hydrogens (tertiary/aromatic N) is 1. The van der Waals surface area contributed by atoms with E-state index in [1.54, 1.807) is 24.3 Å². The summed E-state index contributed by atoms with van der Waals surface area (Å²) in [6.45, 7) is 1.25. The number of rotatable bonds is 3. The van der Waals surface area contributed by atoms with E-state index < -0.39 is 6.04 Å². The van der Waals surface area contributed by atoms with E-state index in [2.05, 4.69) is 0 Å². The summed E-state index contributed by atoms with van der Waals surface area (Å²) in [5, 5.41) is 9.29. The quantitative estimate of drug-likeness (QED) is 0.872. The fraction of sp³-hybridized carbons (Fsp3) is 0.562. The molecule has 114 valence electrons. The van der Waals surface area contributed by atoms with Gasteiger partial charge >= 0.3 is 0 Å². The van der Waals surface area contributed by atoms with Crippen LogP contribution in [0.5, 0.6) is 5.75 Å². The molecule has 1 aliphatic heterocycles. The van der Waals surface area contributed by atoms with Gasteiger partial charge in [-0.3, -0.25) is 4.79 Å². The maximum Gasteiger partial charge on any atom is 0.240 e. The van der Waals surface area contributed by atoms with Gasteiger partial charge in [0.2, 0.25) is 5.91 Å². The molecule has 1 saturated heterocycles. The zero-order valence-corrected chi connectivity index (χ0v) is 12.1. The minimum atomic E-state index is -0.533. The Morgan fingerprint density at radius 1 is 1.38 bits per heavy atom. The fourth-order valence-electron chi connectivity index (χ4n) is 3.39. The summed E-state index contributed by atoms with van der Waals surface area (Å²) < 4.78 is 5.73. The molecular formula is C16H22N2O3. The highest BCUT2D eigenvalue weighted by atomic mass is 16.5. The largest absolute Gasteiger partial charge is 0.508 e. The average molecular weight is 290 g/mol. The summed E-state index contributed by atoms with van der Waals surface area (Å²) in [5.41, 5.74) is 7.07. The van der Waals surface area contributed by atoms with Crippen LogP contribution in [0.25, 0.3) is 0 Å². The third-order valence-electron chi connectivity index (χ3n) is 4.47. The predicted molar refractivity (Wildman–Crippen MR) is 78.9 cm³/mol. The van der Waals surface area contributed by atoms with Crippen molar-refractivity contribution in [1.82, 2.24) is 4.90 Å². The van der Waals surface area contributed by atoms with Crippen molar-refractivity contribution in [3.05, 3.63) is 29.8 Å². The number of phenols is 1. The van der Waals surface area contributed by atoms with Gasteiger partial charge in [0, 0.05) is 6.54 Å². The number of hydrogen-bond donors (Lipinski definition) is 2. The zero-order valence-electron chi connectivity index (χ0n) is 12.1. The summed E-state index contributed by atoms with van der Waals surface area (Å²) in [6.07, 6.45) is 3.87. The Kier molecular flexibility index (Phi) is 4.12. The lowest BCUT2D eigenvalue weighted by atomic mass is 10.0. The lowest BCUT2D eigenvalue weighted by molar-refractivity contribution is -0.145. The number of morpholine rings is 1. The SMILES string of the molecule is N[C@@H](Cc1ccc(O)cc1)C(=O)N1CCOC2CCCC21. The normalized spacial score (nSPS) is 26.4. The fourth-order valence-corrected chi connectivity index (χ4v) is 3.39. The van der Waals surface area contributed by atoms with Crippen molar-refractivity contribution < 1.29 is 14.6 Å². The van der Waals surface area contributed by atoms with Gasteiger partial charge in [0.15, 0.2) is 0 Å². The highest BCUT2D eigenvalue weighted by molar-refractivity contribution is 5.82. The van der Waals surface area contributed by atoms with E-state index in [0.717, 1.165) is 24.8 Å². The molecule has 0 radical (unpaired) electrons. The van der Waals surface area contributed by atoms with Crippen LogP contribution in [0.3, 0.4) is 0 Å².